The van der Waals surface area contributed by atoms with E-state index in [9.17, 15) is 0 Å². The Morgan fingerprint density at radius 2 is 2.20 bits per heavy atom. The summed E-state index contributed by atoms with van der Waals surface area (Å²) in [6.45, 7) is 2.14. The topological polar surface area (TPSA) is 57.4 Å². The van der Waals surface area contributed by atoms with E-state index in [-0.39, 0.29) is 0 Å². The van der Waals surface area contributed by atoms with Gasteiger partial charge in [0.15, 0.2) is 0 Å². The lowest BCUT2D eigenvalue weighted by Gasteiger charge is -2.22. The lowest BCUT2D eigenvalue weighted by molar-refractivity contribution is -0.0399. The highest BCUT2D eigenvalue weighted by molar-refractivity contribution is 5.28. The number of nitrogens with two attached hydrogens (primary N) is 1. The number of anilines is 1. The van der Waals surface area contributed by atoms with Crippen molar-refractivity contribution in [2.24, 2.45) is 0 Å². The van der Waals surface area contributed by atoms with Crippen molar-refractivity contribution in [2.75, 3.05) is 18.9 Å². The third-order valence-electron chi connectivity index (χ3n) is 2.46. The van der Waals surface area contributed by atoms with E-state index in [4.69, 9.17) is 15.2 Å². The molecule has 82 valence electrons. The summed E-state index contributed by atoms with van der Waals surface area (Å²) < 4.78 is 11.0. The number of aromatic nitrogens is 1. The number of hydrogen-bond donors (Lipinski definition) is 1. The van der Waals surface area contributed by atoms with E-state index in [1.165, 1.54) is 0 Å². The molecule has 2 rings (SSSR count). The number of nitrogens with zero attached hydrogens (tertiary/aromatic N) is 1. The first-order chi connectivity index (χ1) is 7.34. The number of rotatable bonds is 3. The summed E-state index contributed by atoms with van der Waals surface area (Å²) in [4.78, 5) is 4.18. The summed E-state index contributed by atoms with van der Waals surface area (Å²) in [6.07, 6.45) is 2.26. The predicted octanol–water partition coefficient (Wildman–Crippen LogP) is 1.36. The first-order valence-electron chi connectivity index (χ1n) is 5.25. The molecule has 2 heterocycles. The zero-order chi connectivity index (χ0) is 10.5. The van der Waals surface area contributed by atoms with Gasteiger partial charge < -0.3 is 15.2 Å². The zero-order valence-corrected chi connectivity index (χ0v) is 8.69. The summed E-state index contributed by atoms with van der Waals surface area (Å²) in [6, 6.07) is 5.60. The monoisotopic (exact) mass is 208 g/mol. The maximum Gasteiger partial charge on any atom is 0.123 e. The Morgan fingerprint density at radius 1 is 1.40 bits per heavy atom. The Kier molecular flexibility index (Phi) is 3.53. The lowest BCUT2D eigenvalue weighted by Crippen LogP contribution is -2.23. The maximum atomic E-state index is 5.73. The van der Waals surface area contributed by atoms with Crippen molar-refractivity contribution in [1.29, 1.82) is 0 Å². The second kappa shape index (κ2) is 5.09. The number of hydrogen-bond acceptors (Lipinski definition) is 4. The first-order valence-corrected chi connectivity index (χ1v) is 5.25. The molecule has 0 spiro atoms. The molecule has 0 amide bonds. The Hall–Kier alpha value is -1.13. The summed E-state index contributed by atoms with van der Waals surface area (Å²) >= 11 is 0. The Balaban J connectivity index is 1.81. The molecule has 4 heteroatoms. The number of nitrogen functional groups attached to an aromatic ring is 1. The van der Waals surface area contributed by atoms with Gasteiger partial charge in [0.25, 0.3) is 0 Å². The van der Waals surface area contributed by atoms with Crippen LogP contribution in [-0.4, -0.2) is 24.3 Å². The highest BCUT2D eigenvalue weighted by Gasteiger charge is 2.14. The second-order valence-electron chi connectivity index (χ2n) is 3.68. The SMILES string of the molecule is Nc1cccc(COC2CCOCC2)n1. The molecule has 1 aliphatic heterocycles. The van der Waals surface area contributed by atoms with Crippen LogP contribution in [-0.2, 0) is 16.1 Å². The minimum absolute atomic E-state index is 0.307. The van der Waals surface area contributed by atoms with Gasteiger partial charge in [-0.3, -0.25) is 0 Å². The highest BCUT2D eigenvalue weighted by Crippen LogP contribution is 2.12. The minimum atomic E-state index is 0.307. The summed E-state index contributed by atoms with van der Waals surface area (Å²) in [5.41, 5.74) is 6.47. The van der Waals surface area contributed by atoms with Crippen LogP contribution in [0, 0.1) is 0 Å². The van der Waals surface area contributed by atoms with Crippen molar-refractivity contribution in [3.63, 3.8) is 0 Å². The van der Waals surface area contributed by atoms with E-state index >= 15 is 0 Å². The van der Waals surface area contributed by atoms with Gasteiger partial charge in [0.2, 0.25) is 0 Å². The highest BCUT2D eigenvalue weighted by atomic mass is 16.5. The van der Waals surface area contributed by atoms with E-state index in [1.807, 2.05) is 12.1 Å². The molecule has 0 radical (unpaired) electrons. The van der Waals surface area contributed by atoms with E-state index in [0.29, 0.717) is 18.5 Å². The van der Waals surface area contributed by atoms with Gasteiger partial charge in [-0.05, 0) is 25.0 Å². The van der Waals surface area contributed by atoms with Crippen LogP contribution in [0.2, 0.25) is 0 Å². The molecule has 0 aliphatic carbocycles. The average Bonchev–Trinajstić information content (AvgIpc) is 2.28. The Bertz CT molecular complexity index is 311. The summed E-state index contributed by atoms with van der Waals surface area (Å²) in [7, 11) is 0. The van der Waals surface area contributed by atoms with Crippen molar-refractivity contribution in [3.8, 4) is 0 Å². The fraction of sp³-hybridized carbons (Fsp3) is 0.545. The minimum Gasteiger partial charge on any atom is -0.384 e. The molecule has 1 aromatic heterocycles. The van der Waals surface area contributed by atoms with Crippen LogP contribution < -0.4 is 5.73 Å². The van der Waals surface area contributed by atoms with Crippen LogP contribution in [0.5, 0.6) is 0 Å². The standard InChI is InChI=1S/C11H16N2O2/c12-11-3-1-2-9(13-11)8-15-10-4-6-14-7-5-10/h1-3,10H,4-8H2,(H2,12,13). The second-order valence-corrected chi connectivity index (χ2v) is 3.68. The summed E-state index contributed by atoms with van der Waals surface area (Å²) in [5, 5.41) is 0. The molecular formula is C11H16N2O2. The van der Waals surface area contributed by atoms with Crippen LogP contribution >= 0.6 is 0 Å². The van der Waals surface area contributed by atoms with E-state index in [0.717, 1.165) is 31.7 Å². The van der Waals surface area contributed by atoms with Crippen LogP contribution in [0.25, 0.3) is 0 Å². The molecule has 1 saturated heterocycles. The fourth-order valence-corrected chi connectivity index (χ4v) is 1.62. The first kappa shape index (κ1) is 10.4. The predicted molar refractivity (Wildman–Crippen MR) is 57.3 cm³/mol. The molecule has 0 bridgehead atoms. The lowest BCUT2D eigenvalue weighted by atomic mass is 10.1. The largest absolute Gasteiger partial charge is 0.384 e. The van der Waals surface area contributed by atoms with Gasteiger partial charge in [-0.25, -0.2) is 4.98 Å². The maximum absolute atomic E-state index is 5.73. The van der Waals surface area contributed by atoms with Gasteiger partial charge in [0, 0.05) is 13.2 Å². The molecule has 1 fully saturated rings. The fourth-order valence-electron chi connectivity index (χ4n) is 1.62. The van der Waals surface area contributed by atoms with Crippen molar-refractivity contribution in [2.45, 2.75) is 25.6 Å². The van der Waals surface area contributed by atoms with Gasteiger partial charge >= 0.3 is 0 Å². The molecule has 0 aromatic carbocycles. The van der Waals surface area contributed by atoms with Crippen LogP contribution in [0.4, 0.5) is 5.82 Å². The van der Waals surface area contributed by atoms with E-state index in [1.54, 1.807) is 6.07 Å². The smallest absolute Gasteiger partial charge is 0.123 e. The molecule has 1 aliphatic rings. The molecule has 0 unspecified atom stereocenters. The Morgan fingerprint density at radius 3 is 2.93 bits per heavy atom. The third kappa shape index (κ3) is 3.18. The van der Waals surface area contributed by atoms with Crippen molar-refractivity contribution in [3.05, 3.63) is 23.9 Å². The van der Waals surface area contributed by atoms with Crippen LogP contribution in [0.1, 0.15) is 18.5 Å². The molecule has 1 aromatic rings. The molecule has 0 atom stereocenters. The number of pyridine rings is 1. The average molecular weight is 208 g/mol. The molecule has 0 saturated carbocycles. The van der Waals surface area contributed by atoms with E-state index < -0.39 is 0 Å². The molecule has 2 N–H and O–H groups in total. The van der Waals surface area contributed by atoms with Gasteiger partial charge in [0.1, 0.15) is 5.82 Å². The third-order valence-corrected chi connectivity index (χ3v) is 2.46. The number of ether oxygens (including phenoxy) is 2. The van der Waals surface area contributed by atoms with E-state index in [2.05, 4.69) is 4.98 Å². The van der Waals surface area contributed by atoms with Gasteiger partial charge in [-0.2, -0.15) is 0 Å². The van der Waals surface area contributed by atoms with Crippen molar-refractivity contribution < 1.29 is 9.47 Å². The molecule has 15 heavy (non-hydrogen) atoms. The normalized spacial score (nSPS) is 17.9. The van der Waals surface area contributed by atoms with Crippen LogP contribution in [0.3, 0.4) is 0 Å². The molecular weight excluding hydrogens is 192 g/mol. The zero-order valence-electron chi connectivity index (χ0n) is 8.69. The van der Waals surface area contributed by atoms with Gasteiger partial charge in [-0.1, -0.05) is 6.07 Å². The quantitative estimate of drug-likeness (QED) is 0.814. The van der Waals surface area contributed by atoms with Crippen LogP contribution in [0.15, 0.2) is 18.2 Å². The van der Waals surface area contributed by atoms with Gasteiger partial charge in [0.05, 0.1) is 18.4 Å². The van der Waals surface area contributed by atoms with Crippen molar-refractivity contribution >= 4 is 5.82 Å². The Labute approximate surface area is 89.4 Å². The molecule has 4 nitrogen and oxygen atoms in total. The van der Waals surface area contributed by atoms with Crippen molar-refractivity contribution in [1.82, 2.24) is 4.98 Å². The summed E-state index contributed by atoms with van der Waals surface area (Å²) in [5.74, 6) is 0.545. The van der Waals surface area contributed by atoms with Gasteiger partial charge in [-0.15, -0.1) is 0 Å².